The number of ether oxygens (including phenoxy) is 1. The molecule has 1 amide bonds. The van der Waals surface area contributed by atoms with Crippen molar-refractivity contribution in [3.8, 4) is 0 Å². The van der Waals surface area contributed by atoms with Crippen molar-refractivity contribution in [1.29, 1.82) is 0 Å². The van der Waals surface area contributed by atoms with Crippen LogP contribution >= 0.6 is 0 Å². The molecular weight excluding hydrogens is 304 g/mol. The molecular formula is C15H20N2O4S. The summed E-state index contributed by atoms with van der Waals surface area (Å²) in [7, 11) is -3.38. The molecule has 6 nitrogen and oxygen atoms in total. The fourth-order valence-corrected chi connectivity index (χ4v) is 3.99. The largest absolute Gasteiger partial charge is 0.368 e. The fraction of sp³-hybridized carbons (Fsp3) is 0.533. The number of amides is 1. The highest BCUT2D eigenvalue weighted by Gasteiger charge is 2.36. The first-order valence-corrected chi connectivity index (χ1v) is 9.32. The molecule has 0 bridgehead atoms. The van der Waals surface area contributed by atoms with E-state index in [1.54, 1.807) is 24.3 Å². The fourth-order valence-electron chi connectivity index (χ4n) is 2.72. The molecule has 2 fully saturated rings. The second kappa shape index (κ2) is 5.89. The van der Waals surface area contributed by atoms with Gasteiger partial charge in [-0.1, -0.05) is 12.1 Å². The monoisotopic (exact) mass is 324 g/mol. The summed E-state index contributed by atoms with van der Waals surface area (Å²) in [5, 5.41) is 2.82. The zero-order valence-corrected chi connectivity index (χ0v) is 13.3. The Labute approximate surface area is 130 Å². The molecule has 1 saturated carbocycles. The Balaban J connectivity index is 1.87. The van der Waals surface area contributed by atoms with E-state index in [1.165, 1.54) is 10.6 Å². The van der Waals surface area contributed by atoms with Gasteiger partial charge >= 0.3 is 0 Å². The molecule has 22 heavy (non-hydrogen) atoms. The molecule has 1 N–H and O–H groups in total. The molecule has 0 spiro atoms. The van der Waals surface area contributed by atoms with Crippen LogP contribution in [-0.2, 0) is 19.6 Å². The minimum absolute atomic E-state index is 0.00391. The molecule has 1 saturated heterocycles. The number of carbonyl (C=O) groups is 1. The Morgan fingerprint density at radius 2 is 2.00 bits per heavy atom. The number of sulfonamides is 1. The minimum atomic E-state index is -3.38. The van der Waals surface area contributed by atoms with Gasteiger partial charge in [0, 0.05) is 12.6 Å². The van der Waals surface area contributed by atoms with Crippen molar-refractivity contribution in [2.75, 3.05) is 22.5 Å². The van der Waals surface area contributed by atoms with Crippen molar-refractivity contribution in [2.24, 2.45) is 0 Å². The van der Waals surface area contributed by atoms with E-state index in [0.717, 1.165) is 19.3 Å². The SMILES string of the molecule is CS(=O)(=O)N(c1ccccc1NC(=O)C1CCCO1)C1CC1. The minimum Gasteiger partial charge on any atom is -0.368 e. The standard InChI is InChI=1S/C15H20N2O4S/c1-22(19,20)17(11-8-9-11)13-6-3-2-5-12(13)16-15(18)14-7-4-10-21-14/h2-3,5-6,11,14H,4,7-10H2,1H3,(H,16,18). The summed E-state index contributed by atoms with van der Waals surface area (Å²) in [6.45, 7) is 0.595. The summed E-state index contributed by atoms with van der Waals surface area (Å²) >= 11 is 0. The van der Waals surface area contributed by atoms with Crippen molar-refractivity contribution in [3.05, 3.63) is 24.3 Å². The first-order valence-electron chi connectivity index (χ1n) is 7.48. The van der Waals surface area contributed by atoms with Gasteiger partial charge in [-0.2, -0.15) is 0 Å². The van der Waals surface area contributed by atoms with Crippen LogP contribution in [0.25, 0.3) is 0 Å². The molecule has 1 aliphatic carbocycles. The third kappa shape index (κ3) is 3.25. The van der Waals surface area contributed by atoms with Crippen molar-refractivity contribution in [3.63, 3.8) is 0 Å². The summed E-state index contributed by atoms with van der Waals surface area (Å²) in [5.74, 6) is -0.214. The van der Waals surface area contributed by atoms with Crippen LogP contribution in [0.15, 0.2) is 24.3 Å². The molecule has 3 rings (SSSR count). The summed E-state index contributed by atoms with van der Waals surface area (Å²) < 4.78 is 31.0. The van der Waals surface area contributed by atoms with Gasteiger partial charge in [0.15, 0.2) is 0 Å². The molecule has 0 radical (unpaired) electrons. The molecule has 1 aromatic rings. The Morgan fingerprint density at radius 3 is 2.59 bits per heavy atom. The number of benzene rings is 1. The number of anilines is 2. The smallest absolute Gasteiger partial charge is 0.253 e. The van der Waals surface area contributed by atoms with Gasteiger partial charge in [0.05, 0.1) is 17.6 Å². The van der Waals surface area contributed by atoms with E-state index in [2.05, 4.69) is 5.32 Å². The van der Waals surface area contributed by atoms with Crippen LogP contribution < -0.4 is 9.62 Å². The molecule has 7 heteroatoms. The van der Waals surface area contributed by atoms with Crippen LogP contribution in [0.3, 0.4) is 0 Å². The van der Waals surface area contributed by atoms with E-state index in [9.17, 15) is 13.2 Å². The topological polar surface area (TPSA) is 75.7 Å². The number of para-hydroxylation sites is 2. The molecule has 1 aliphatic heterocycles. The van der Waals surface area contributed by atoms with E-state index in [1.807, 2.05) is 0 Å². The Kier molecular flexibility index (Phi) is 4.10. The third-order valence-corrected chi connectivity index (χ3v) is 5.07. The maximum Gasteiger partial charge on any atom is 0.253 e. The van der Waals surface area contributed by atoms with E-state index < -0.39 is 16.1 Å². The predicted molar refractivity (Wildman–Crippen MR) is 84.4 cm³/mol. The summed E-state index contributed by atoms with van der Waals surface area (Å²) in [5.41, 5.74) is 1.04. The average molecular weight is 324 g/mol. The predicted octanol–water partition coefficient (Wildman–Crippen LogP) is 1.73. The van der Waals surface area contributed by atoms with Crippen LogP contribution in [0, 0.1) is 0 Å². The van der Waals surface area contributed by atoms with Crippen molar-refractivity contribution in [1.82, 2.24) is 0 Å². The number of carbonyl (C=O) groups excluding carboxylic acids is 1. The first kappa shape index (κ1) is 15.3. The third-order valence-electron chi connectivity index (χ3n) is 3.86. The maximum absolute atomic E-state index is 12.2. The second-order valence-corrected chi connectivity index (χ2v) is 7.66. The number of nitrogens with one attached hydrogen (secondary N) is 1. The van der Waals surface area contributed by atoms with Gasteiger partial charge in [-0.15, -0.1) is 0 Å². The highest BCUT2D eigenvalue weighted by Crippen LogP contribution is 2.37. The lowest BCUT2D eigenvalue weighted by Crippen LogP contribution is -2.34. The Bertz CT molecular complexity index is 664. The van der Waals surface area contributed by atoms with E-state index >= 15 is 0 Å². The van der Waals surface area contributed by atoms with Gasteiger partial charge in [0.1, 0.15) is 6.10 Å². The summed E-state index contributed by atoms with van der Waals surface area (Å²) in [6, 6.07) is 7.00. The van der Waals surface area contributed by atoms with E-state index in [-0.39, 0.29) is 11.9 Å². The van der Waals surface area contributed by atoms with Crippen LogP contribution in [0.2, 0.25) is 0 Å². The molecule has 2 aliphatic rings. The highest BCUT2D eigenvalue weighted by atomic mass is 32.2. The Morgan fingerprint density at radius 1 is 1.27 bits per heavy atom. The van der Waals surface area contributed by atoms with Gasteiger partial charge < -0.3 is 10.1 Å². The number of hydrogen-bond acceptors (Lipinski definition) is 4. The van der Waals surface area contributed by atoms with Crippen LogP contribution in [0.1, 0.15) is 25.7 Å². The maximum atomic E-state index is 12.2. The van der Waals surface area contributed by atoms with Crippen LogP contribution in [0.4, 0.5) is 11.4 Å². The zero-order valence-electron chi connectivity index (χ0n) is 12.5. The number of nitrogens with zero attached hydrogens (tertiary/aromatic N) is 1. The quantitative estimate of drug-likeness (QED) is 0.895. The van der Waals surface area contributed by atoms with Crippen LogP contribution in [0.5, 0.6) is 0 Å². The van der Waals surface area contributed by atoms with Crippen molar-refractivity contribution in [2.45, 2.75) is 37.8 Å². The van der Waals surface area contributed by atoms with Crippen LogP contribution in [-0.4, -0.2) is 39.3 Å². The average Bonchev–Trinajstić information content (AvgIpc) is 3.11. The molecule has 120 valence electrons. The molecule has 1 heterocycles. The first-order chi connectivity index (χ1) is 10.5. The second-order valence-electron chi connectivity index (χ2n) is 5.80. The molecule has 1 unspecified atom stereocenters. The lowest BCUT2D eigenvalue weighted by Gasteiger charge is -2.25. The Hall–Kier alpha value is -1.60. The molecule has 1 atom stereocenters. The normalized spacial score (nSPS) is 21.6. The van der Waals surface area contributed by atoms with E-state index in [0.29, 0.717) is 24.4 Å². The van der Waals surface area contributed by atoms with E-state index in [4.69, 9.17) is 4.74 Å². The van der Waals surface area contributed by atoms with Crippen molar-refractivity contribution < 1.29 is 17.9 Å². The summed E-state index contributed by atoms with van der Waals surface area (Å²) in [6.07, 6.45) is 4.02. The zero-order chi connectivity index (χ0) is 15.7. The molecule has 0 aromatic heterocycles. The lowest BCUT2D eigenvalue weighted by molar-refractivity contribution is -0.124. The van der Waals surface area contributed by atoms with Crippen molar-refractivity contribution >= 4 is 27.3 Å². The lowest BCUT2D eigenvalue weighted by atomic mass is 10.2. The highest BCUT2D eigenvalue weighted by molar-refractivity contribution is 7.92. The van der Waals surface area contributed by atoms with Gasteiger partial charge in [0.25, 0.3) is 5.91 Å². The van der Waals surface area contributed by atoms with Gasteiger partial charge in [0.2, 0.25) is 10.0 Å². The van der Waals surface area contributed by atoms with Gasteiger partial charge in [-0.25, -0.2) is 8.42 Å². The summed E-state index contributed by atoms with van der Waals surface area (Å²) in [4.78, 5) is 12.2. The van der Waals surface area contributed by atoms with Gasteiger partial charge in [-0.05, 0) is 37.8 Å². The van der Waals surface area contributed by atoms with Gasteiger partial charge in [-0.3, -0.25) is 9.10 Å². The number of hydrogen-bond donors (Lipinski definition) is 1. The number of rotatable bonds is 5. The molecule has 1 aromatic carbocycles.